The van der Waals surface area contributed by atoms with Gasteiger partial charge in [0.15, 0.2) is 0 Å². The molecule has 0 spiro atoms. The van der Waals surface area contributed by atoms with Crippen molar-refractivity contribution < 1.29 is 14.3 Å². The molecule has 3 atom stereocenters. The third-order valence-corrected chi connectivity index (χ3v) is 3.91. The summed E-state index contributed by atoms with van der Waals surface area (Å²) in [4.78, 5) is 22.9. The van der Waals surface area contributed by atoms with Crippen molar-refractivity contribution in [2.75, 3.05) is 6.61 Å². The Morgan fingerprint density at radius 1 is 1.22 bits per heavy atom. The van der Waals surface area contributed by atoms with Gasteiger partial charge in [-0.15, -0.1) is 0 Å². The highest BCUT2D eigenvalue weighted by Crippen LogP contribution is 2.29. The Morgan fingerprint density at radius 2 is 1.94 bits per heavy atom. The van der Waals surface area contributed by atoms with Crippen LogP contribution in [0.1, 0.15) is 52.9 Å². The van der Waals surface area contributed by atoms with E-state index in [0.717, 1.165) is 6.42 Å². The van der Waals surface area contributed by atoms with Crippen molar-refractivity contribution in [1.29, 1.82) is 0 Å². The highest BCUT2D eigenvalue weighted by molar-refractivity contribution is 5.81. The van der Waals surface area contributed by atoms with E-state index in [-0.39, 0.29) is 30.8 Å². The Kier molecular flexibility index (Phi) is 6.16. The summed E-state index contributed by atoms with van der Waals surface area (Å²) in [7, 11) is 0. The number of carbonyl (C=O) groups excluding carboxylic acids is 2. The summed E-state index contributed by atoms with van der Waals surface area (Å²) in [6, 6.07) is 0.267. The van der Waals surface area contributed by atoms with E-state index in [4.69, 9.17) is 4.74 Å². The number of rotatable bonds is 5. The van der Waals surface area contributed by atoms with E-state index in [9.17, 15) is 9.59 Å². The maximum atomic E-state index is 11.8. The minimum atomic E-state index is -0.294. The van der Waals surface area contributed by atoms with Gasteiger partial charge in [-0.05, 0) is 25.2 Å². The lowest BCUT2D eigenvalue weighted by atomic mass is 9.78. The standard InChI is InChI=1S/C14H25NO3/c1-4-18-14(17)9-8-13(16)15-12-7-5-6-10(2)11(12)3/h10-12H,4-9H2,1-3H3,(H,15,16). The van der Waals surface area contributed by atoms with Crippen LogP contribution in [0.25, 0.3) is 0 Å². The fourth-order valence-electron chi connectivity index (χ4n) is 2.51. The minimum absolute atomic E-state index is 0.0333. The van der Waals surface area contributed by atoms with Gasteiger partial charge in [-0.3, -0.25) is 9.59 Å². The first-order chi connectivity index (χ1) is 8.54. The van der Waals surface area contributed by atoms with Gasteiger partial charge < -0.3 is 10.1 Å². The summed E-state index contributed by atoms with van der Waals surface area (Å²) >= 11 is 0. The highest BCUT2D eigenvalue weighted by Gasteiger charge is 2.28. The van der Waals surface area contributed by atoms with Crippen LogP contribution in [0.5, 0.6) is 0 Å². The molecule has 0 bridgehead atoms. The van der Waals surface area contributed by atoms with Crippen LogP contribution in [0.3, 0.4) is 0 Å². The lowest BCUT2D eigenvalue weighted by Gasteiger charge is -2.34. The molecule has 1 aliphatic carbocycles. The van der Waals surface area contributed by atoms with Crippen LogP contribution in [0.4, 0.5) is 0 Å². The van der Waals surface area contributed by atoms with E-state index < -0.39 is 0 Å². The average Bonchev–Trinajstić information content (AvgIpc) is 2.33. The molecule has 1 rings (SSSR count). The number of hydrogen-bond acceptors (Lipinski definition) is 3. The fraction of sp³-hybridized carbons (Fsp3) is 0.857. The molecular weight excluding hydrogens is 230 g/mol. The van der Waals surface area contributed by atoms with Crippen LogP contribution < -0.4 is 5.32 Å². The van der Waals surface area contributed by atoms with Crippen LogP contribution in [0.2, 0.25) is 0 Å². The Balaban J connectivity index is 2.29. The first-order valence-corrected chi connectivity index (χ1v) is 6.99. The van der Waals surface area contributed by atoms with Crippen LogP contribution >= 0.6 is 0 Å². The number of hydrogen-bond donors (Lipinski definition) is 1. The van der Waals surface area contributed by atoms with Gasteiger partial charge in [0.05, 0.1) is 13.0 Å². The Bertz CT molecular complexity index is 291. The van der Waals surface area contributed by atoms with Crippen molar-refractivity contribution in [3.63, 3.8) is 0 Å². The number of esters is 1. The lowest BCUT2D eigenvalue weighted by Crippen LogP contribution is -2.43. The summed E-state index contributed by atoms with van der Waals surface area (Å²) in [6.07, 6.45) is 3.88. The van der Waals surface area contributed by atoms with Crippen molar-refractivity contribution >= 4 is 11.9 Å². The number of nitrogens with one attached hydrogen (secondary N) is 1. The molecule has 104 valence electrons. The number of amides is 1. The van der Waals surface area contributed by atoms with Crippen LogP contribution in [-0.2, 0) is 14.3 Å². The van der Waals surface area contributed by atoms with Crippen LogP contribution in [0.15, 0.2) is 0 Å². The van der Waals surface area contributed by atoms with Gasteiger partial charge >= 0.3 is 5.97 Å². The molecule has 18 heavy (non-hydrogen) atoms. The van der Waals surface area contributed by atoms with E-state index in [1.54, 1.807) is 6.92 Å². The van der Waals surface area contributed by atoms with Gasteiger partial charge in [0.1, 0.15) is 0 Å². The summed E-state index contributed by atoms with van der Waals surface area (Å²) < 4.78 is 4.80. The highest BCUT2D eigenvalue weighted by atomic mass is 16.5. The van der Waals surface area contributed by atoms with Crippen molar-refractivity contribution in [2.45, 2.75) is 58.9 Å². The van der Waals surface area contributed by atoms with Gasteiger partial charge in [-0.25, -0.2) is 0 Å². The molecule has 4 nitrogen and oxygen atoms in total. The monoisotopic (exact) mass is 255 g/mol. The van der Waals surface area contributed by atoms with Gasteiger partial charge in [0.25, 0.3) is 0 Å². The zero-order chi connectivity index (χ0) is 13.5. The molecule has 3 unspecified atom stereocenters. The molecule has 0 aromatic rings. The van der Waals surface area contributed by atoms with Crippen molar-refractivity contribution in [3.05, 3.63) is 0 Å². The SMILES string of the molecule is CCOC(=O)CCC(=O)NC1CCCC(C)C1C. The molecule has 0 radical (unpaired) electrons. The minimum Gasteiger partial charge on any atom is -0.466 e. The smallest absolute Gasteiger partial charge is 0.306 e. The van der Waals surface area contributed by atoms with E-state index in [2.05, 4.69) is 19.2 Å². The Morgan fingerprint density at radius 3 is 2.61 bits per heavy atom. The second-order valence-electron chi connectivity index (χ2n) is 5.25. The topological polar surface area (TPSA) is 55.4 Å². The molecule has 1 fully saturated rings. The van der Waals surface area contributed by atoms with Crippen LogP contribution in [0, 0.1) is 11.8 Å². The van der Waals surface area contributed by atoms with Crippen molar-refractivity contribution in [2.24, 2.45) is 11.8 Å². The first kappa shape index (κ1) is 15.0. The molecule has 0 aromatic heterocycles. The van der Waals surface area contributed by atoms with Gasteiger partial charge in [-0.1, -0.05) is 26.7 Å². The predicted octanol–water partition coefficient (Wildman–Crippen LogP) is 2.27. The molecule has 0 aromatic carbocycles. The number of carbonyl (C=O) groups is 2. The largest absolute Gasteiger partial charge is 0.466 e. The average molecular weight is 255 g/mol. The second-order valence-corrected chi connectivity index (χ2v) is 5.25. The summed E-state index contributed by atoms with van der Waals surface area (Å²) in [5, 5.41) is 3.05. The van der Waals surface area contributed by atoms with E-state index in [1.165, 1.54) is 12.8 Å². The normalized spacial score (nSPS) is 27.6. The zero-order valence-corrected chi connectivity index (χ0v) is 11.7. The molecule has 0 heterocycles. The summed E-state index contributed by atoms with van der Waals surface area (Å²) in [6.45, 7) is 6.57. The fourth-order valence-corrected chi connectivity index (χ4v) is 2.51. The zero-order valence-electron chi connectivity index (χ0n) is 11.7. The van der Waals surface area contributed by atoms with Crippen molar-refractivity contribution in [3.8, 4) is 0 Å². The molecule has 4 heteroatoms. The molecule has 1 aliphatic rings. The molecular formula is C14H25NO3. The molecule has 1 saturated carbocycles. The molecule has 1 N–H and O–H groups in total. The predicted molar refractivity (Wildman–Crippen MR) is 70.0 cm³/mol. The maximum absolute atomic E-state index is 11.8. The summed E-state index contributed by atoms with van der Waals surface area (Å²) in [5.74, 6) is 0.853. The van der Waals surface area contributed by atoms with Crippen molar-refractivity contribution in [1.82, 2.24) is 5.32 Å². The third kappa shape index (κ3) is 4.67. The molecule has 0 saturated heterocycles. The summed E-state index contributed by atoms with van der Waals surface area (Å²) in [5.41, 5.74) is 0. The lowest BCUT2D eigenvalue weighted by molar-refractivity contribution is -0.144. The van der Waals surface area contributed by atoms with Gasteiger partial charge in [0.2, 0.25) is 5.91 Å². The molecule has 0 aliphatic heterocycles. The number of ether oxygens (including phenoxy) is 1. The van der Waals surface area contributed by atoms with E-state index in [1.807, 2.05) is 0 Å². The quantitative estimate of drug-likeness (QED) is 0.767. The third-order valence-electron chi connectivity index (χ3n) is 3.91. The van der Waals surface area contributed by atoms with Gasteiger partial charge in [-0.2, -0.15) is 0 Å². The molecule has 1 amide bonds. The Hall–Kier alpha value is -1.06. The second kappa shape index (κ2) is 7.39. The van der Waals surface area contributed by atoms with E-state index in [0.29, 0.717) is 18.4 Å². The Labute approximate surface area is 109 Å². The first-order valence-electron chi connectivity index (χ1n) is 6.99. The van der Waals surface area contributed by atoms with Gasteiger partial charge in [0, 0.05) is 12.5 Å². The van der Waals surface area contributed by atoms with Crippen LogP contribution in [-0.4, -0.2) is 24.5 Å². The van der Waals surface area contributed by atoms with E-state index >= 15 is 0 Å². The maximum Gasteiger partial charge on any atom is 0.306 e.